The molecule has 16 heavy (non-hydrogen) atoms. The first kappa shape index (κ1) is 15.2. The fourth-order valence-corrected chi connectivity index (χ4v) is 1.10. The third-order valence-electron chi connectivity index (χ3n) is 2.40. The zero-order chi connectivity index (χ0) is 12.8. The van der Waals surface area contributed by atoms with Gasteiger partial charge in [0.1, 0.15) is 11.2 Å². The predicted octanol–water partition coefficient (Wildman–Crippen LogP) is 3.84. The molecule has 0 saturated heterocycles. The van der Waals surface area contributed by atoms with Gasteiger partial charge in [0.05, 0.1) is 0 Å². The van der Waals surface area contributed by atoms with Gasteiger partial charge in [-0.15, -0.1) is 0 Å². The van der Waals surface area contributed by atoms with Gasteiger partial charge in [-0.3, -0.25) is 4.89 Å². The van der Waals surface area contributed by atoms with Crippen LogP contribution in [0.3, 0.4) is 0 Å². The molecule has 0 radical (unpaired) electrons. The van der Waals surface area contributed by atoms with Crippen LogP contribution in [-0.4, -0.2) is 17.4 Å². The second kappa shape index (κ2) is 6.09. The molecule has 4 heteroatoms. The Morgan fingerprint density at radius 3 is 2.06 bits per heavy atom. The first-order valence-corrected chi connectivity index (χ1v) is 5.81. The van der Waals surface area contributed by atoms with Crippen LogP contribution in [0.1, 0.15) is 60.8 Å². The van der Waals surface area contributed by atoms with Crippen LogP contribution < -0.4 is 0 Å². The minimum absolute atomic E-state index is 0.478. The monoisotopic (exact) mass is 232 g/mol. The molecule has 0 saturated carbocycles. The van der Waals surface area contributed by atoms with E-state index < -0.39 is 17.4 Å². The summed E-state index contributed by atoms with van der Waals surface area (Å²) < 4.78 is 5.13. The van der Waals surface area contributed by atoms with Gasteiger partial charge in [0.25, 0.3) is 0 Å². The van der Waals surface area contributed by atoms with Crippen LogP contribution in [0.2, 0.25) is 0 Å². The molecule has 0 unspecified atom stereocenters. The van der Waals surface area contributed by atoms with Crippen molar-refractivity contribution in [1.82, 2.24) is 0 Å². The SMILES string of the molecule is CCCC(C)(C)OC(=O)OOC(C)(C)CC. The lowest BCUT2D eigenvalue weighted by Crippen LogP contribution is -2.31. The van der Waals surface area contributed by atoms with Gasteiger partial charge in [-0.05, 0) is 40.5 Å². The van der Waals surface area contributed by atoms with Crippen LogP contribution in [0.15, 0.2) is 0 Å². The minimum Gasteiger partial charge on any atom is -0.426 e. The maximum absolute atomic E-state index is 11.3. The van der Waals surface area contributed by atoms with Crippen LogP contribution in [0.25, 0.3) is 0 Å². The van der Waals surface area contributed by atoms with Crippen LogP contribution >= 0.6 is 0 Å². The fraction of sp³-hybridized carbons (Fsp3) is 0.917. The van der Waals surface area contributed by atoms with Crippen molar-refractivity contribution in [2.45, 2.75) is 72.0 Å². The lowest BCUT2D eigenvalue weighted by Gasteiger charge is -2.25. The molecule has 96 valence electrons. The van der Waals surface area contributed by atoms with Crippen molar-refractivity contribution < 1.29 is 19.3 Å². The largest absolute Gasteiger partial charge is 0.541 e. The topological polar surface area (TPSA) is 44.8 Å². The molecule has 0 atom stereocenters. The third-order valence-corrected chi connectivity index (χ3v) is 2.40. The van der Waals surface area contributed by atoms with Crippen LogP contribution in [0.5, 0.6) is 0 Å². The zero-order valence-electron chi connectivity index (χ0n) is 11.3. The van der Waals surface area contributed by atoms with Crippen molar-refractivity contribution in [2.75, 3.05) is 0 Å². The molecule has 0 amide bonds. The van der Waals surface area contributed by atoms with Crippen molar-refractivity contribution in [2.24, 2.45) is 0 Å². The summed E-state index contributed by atoms with van der Waals surface area (Å²) in [6.45, 7) is 11.4. The van der Waals surface area contributed by atoms with Gasteiger partial charge in [0.2, 0.25) is 0 Å². The smallest absolute Gasteiger partial charge is 0.426 e. The molecule has 0 aromatic rings. The summed E-state index contributed by atoms with van der Waals surface area (Å²) in [5, 5.41) is 0. The average Bonchev–Trinajstić information content (AvgIpc) is 2.14. The highest BCUT2D eigenvalue weighted by atomic mass is 17.2. The molecule has 0 aliphatic rings. The number of hydrogen-bond acceptors (Lipinski definition) is 4. The van der Waals surface area contributed by atoms with E-state index >= 15 is 0 Å². The number of carbonyl (C=O) groups is 1. The van der Waals surface area contributed by atoms with Crippen LogP contribution in [0.4, 0.5) is 4.79 Å². The van der Waals surface area contributed by atoms with Crippen molar-refractivity contribution in [3.8, 4) is 0 Å². The summed E-state index contributed by atoms with van der Waals surface area (Å²) in [6, 6.07) is 0. The van der Waals surface area contributed by atoms with E-state index in [0.717, 1.165) is 19.3 Å². The van der Waals surface area contributed by atoms with E-state index in [1.165, 1.54) is 0 Å². The normalized spacial score (nSPS) is 12.4. The van der Waals surface area contributed by atoms with Gasteiger partial charge in [-0.2, -0.15) is 4.89 Å². The highest BCUT2D eigenvalue weighted by Crippen LogP contribution is 2.19. The van der Waals surface area contributed by atoms with E-state index in [1.807, 2.05) is 41.5 Å². The summed E-state index contributed by atoms with van der Waals surface area (Å²) in [4.78, 5) is 20.9. The molecule has 0 aromatic carbocycles. The maximum atomic E-state index is 11.3. The van der Waals surface area contributed by atoms with E-state index in [0.29, 0.717) is 0 Å². The molecule has 0 aliphatic heterocycles. The second-order valence-electron chi connectivity index (χ2n) is 5.14. The zero-order valence-corrected chi connectivity index (χ0v) is 11.3. The van der Waals surface area contributed by atoms with E-state index in [9.17, 15) is 4.79 Å². The summed E-state index contributed by atoms with van der Waals surface area (Å²) in [7, 11) is 0. The van der Waals surface area contributed by atoms with Crippen molar-refractivity contribution in [1.29, 1.82) is 0 Å². The molecule has 0 N–H and O–H groups in total. The Kier molecular flexibility index (Phi) is 5.79. The molecule has 0 rings (SSSR count). The lowest BCUT2D eigenvalue weighted by atomic mass is 10.0. The molecule has 0 fully saturated rings. The standard InChI is InChI=1S/C12H24O4/c1-7-9-12(5,6)14-10(13)15-16-11(3,4)8-2/h7-9H2,1-6H3. The highest BCUT2D eigenvalue weighted by Gasteiger charge is 2.25. The third kappa shape index (κ3) is 6.67. The Labute approximate surface area is 98.2 Å². The van der Waals surface area contributed by atoms with Gasteiger partial charge in [-0.25, -0.2) is 4.79 Å². The number of ether oxygens (including phenoxy) is 1. The Balaban J connectivity index is 4.00. The van der Waals surface area contributed by atoms with E-state index in [4.69, 9.17) is 9.62 Å². The average molecular weight is 232 g/mol. The highest BCUT2D eigenvalue weighted by molar-refractivity contribution is 5.59. The van der Waals surface area contributed by atoms with Crippen molar-refractivity contribution >= 4 is 6.16 Å². The summed E-state index contributed by atoms with van der Waals surface area (Å²) >= 11 is 0. The quantitative estimate of drug-likeness (QED) is 0.396. The number of hydrogen-bond donors (Lipinski definition) is 0. The number of rotatable bonds is 6. The molecule has 0 aliphatic carbocycles. The first-order chi connectivity index (χ1) is 7.22. The van der Waals surface area contributed by atoms with Crippen molar-refractivity contribution in [3.63, 3.8) is 0 Å². The Morgan fingerprint density at radius 2 is 1.62 bits per heavy atom. The molecule has 0 heterocycles. The lowest BCUT2D eigenvalue weighted by molar-refractivity contribution is -0.321. The van der Waals surface area contributed by atoms with Gasteiger partial charge in [-0.1, -0.05) is 20.3 Å². The van der Waals surface area contributed by atoms with Gasteiger partial charge < -0.3 is 4.74 Å². The number of carbonyl (C=O) groups excluding carboxylic acids is 1. The molecule has 0 spiro atoms. The van der Waals surface area contributed by atoms with Crippen LogP contribution in [-0.2, 0) is 14.5 Å². The second-order valence-corrected chi connectivity index (χ2v) is 5.14. The summed E-state index contributed by atoms with van der Waals surface area (Å²) in [6.07, 6.45) is 1.71. The summed E-state index contributed by atoms with van der Waals surface area (Å²) in [5.74, 6) is 0. The van der Waals surface area contributed by atoms with Gasteiger partial charge >= 0.3 is 6.16 Å². The van der Waals surface area contributed by atoms with Crippen molar-refractivity contribution in [3.05, 3.63) is 0 Å². The fourth-order valence-electron chi connectivity index (χ4n) is 1.10. The van der Waals surface area contributed by atoms with E-state index in [2.05, 4.69) is 4.89 Å². The Morgan fingerprint density at radius 1 is 1.06 bits per heavy atom. The first-order valence-electron chi connectivity index (χ1n) is 5.81. The maximum Gasteiger partial charge on any atom is 0.541 e. The Bertz CT molecular complexity index is 221. The molecule has 4 nitrogen and oxygen atoms in total. The molecular weight excluding hydrogens is 208 g/mol. The predicted molar refractivity (Wildman–Crippen MR) is 62.0 cm³/mol. The van der Waals surface area contributed by atoms with E-state index in [1.54, 1.807) is 0 Å². The molecular formula is C12H24O4. The molecule has 0 bridgehead atoms. The van der Waals surface area contributed by atoms with E-state index in [-0.39, 0.29) is 0 Å². The molecule has 0 aromatic heterocycles. The van der Waals surface area contributed by atoms with Gasteiger partial charge in [0, 0.05) is 0 Å². The van der Waals surface area contributed by atoms with Gasteiger partial charge in [0.15, 0.2) is 0 Å². The Hall–Kier alpha value is -0.770. The van der Waals surface area contributed by atoms with Crippen LogP contribution in [0, 0.1) is 0 Å². The summed E-state index contributed by atoms with van der Waals surface area (Å²) in [5.41, 5.74) is -0.987. The minimum atomic E-state index is -0.778.